The summed E-state index contributed by atoms with van der Waals surface area (Å²) in [5, 5.41) is 8.35. The van der Waals surface area contributed by atoms with Gasteiger partial charge in [-0.15, -0.1) is 0 Å². The molecule has 0 spiro atoms. The molecule has 0 aliphatic carbocycles. The quantitative estimate of drug-likeness (QED) is 0.742. The van der Waals surface area contributed by atoms with E-state index in [4.69, 9.17) is 27.9 Å². The lowest BCUT2D eigenvalue weighted by Crippen LogP contribution is -2.31. The fraction of sp³-hybridized carbons (Fsp3) is 0.267. The van der Waals surface area contributed by atoms with Crippen molar-refractivity contribution in [2.45, 2.75) is 12.6 Å². The van der Waals surface area contributed by atoms with Gasteiger partial charge in [0.05, 0.1) is 35.5 Å². The molecule has 24 heavy (non-hydrogen) atoms. The van der Waals surface area contributed by atoms with Crippen molar-refractivity contribution in [1.82, 2.24) is 19.7 Å². The molecule has 1 aliphatic heterocycles. The van der Waals surface area contributed by atoms with Crippen molar-refractivity contribution in [2.75, 3.05) is 18.5 Å². The Labute approximate surface area is 146 Å². The Morgan fingerprint density at radius 2 is 2.17 bits per heavy atom. The molecule has 0 atom stereocenters. The first-order valence-electron chi connectivity index (χ1n) is 7.35. The summed E-state index contributed by atoms with van der Waals surface area (Å²) in [4.78, 5) is 19.3. The van der Waals surface area contributed by atoms with Crippen LogP contribution in [-0.2, 0) is 11.3 Å². The molecule has 0 bridgehead atoms. The lowest BCUT2D eigenvalue weighted by Gasteiger charge is -2.25. The molecule has 2 aromatic heterocycles. The number of hydrogen-bond acceptors (Lipinski definition) is 5. The summed E-state index contributed by atoms with van der Waals surface area (Å²) >= 11 is 11.9. The van der Waals surface area contributed by atoms with Crippen LogP contribution in [0.5, 0.6) is 0 Å². The van der Waals surface area contributed by atoms with E-state index in [1.165, 1.54) is 0 Å². The Balaban J connectivity index is 1.57. The van der Waals surface area contributed by atoms with Gasteiger partial charge in [0, 0.05) is 6.54 Å². The van der Waals surface area contributed by atoms with Crippen molar-refractivity contribution in [3.63, 3.8) is 0 Å². The van der Waals surface area contributed by atoms with Crippen LogP contribution in [0.1, 0.15) is 11.6 Å². The number of benzene rings is 1. The van der Waals surface area contributed by atoms with E-state index in [2.05, 4.69) is 20.4 Å². The monoisotopic (exact) mass is 365 g/mol. The van der Waals surface area contributed by atoms with Crippen LogP contribution >= 0.6 is 23.2 Å². The van der Waals surface area contributed by atoms with E-state index in [9.17, 15) is 4.79 Å². The number of nitrogens with one attached hydrogen (secondary N) is 2. The third-order valence-corrected chi connectivity index (χ3v) is 4.57. The van der Waals surface area contributed by atoms with Gasteiger partial charge in [-0.25, -0.2) is 4.98 Å². The fourth-order valence-corrected chi connectivity index (χ4v) is 2.74. The number of H-pyrrole nitrogens is 1. The van der Waals surface area contributed by atoms with Crippen LogP contribution in [0.25, 0.3) is 11.0 Å². The molecular formula is C15H13Cl2N5O2. The number of rotatable bonds is 4. The first kappa shape index (κ1) is 15.4. The smallest absolute Gasteiger partial charge is 0.280 e. The summed E-state index contributed by atoms with van der Waals surface area (Å²) in [6, 6.07) is 5.52. The van der Waals surface area contributed by atoms with Crippen LogP contribution in [0.4, 0.5) is 5.95 Å². The third kappa shape index (κ3) is 2.86. The predicted octanol–water partition coefficient (Wildman–Crippen LogP) is 2.61. The highest BCUT2D eigenvalue weighted by Crippen LogP contribution is 2.23. The van der Waals surface area contributed by atoms with Crippen LogP contribution in [0.3, 0.4) is 0 Å². The number of fused-ring (bicyclic) bond motifs is 1. The summed E-state index contributed by atoms with van der Waals surface area (Å²) in [6.07, 6.45) is 1.77. The molecule has 0 radical (unpaired) electrons. The second-order valence-electron chi connectivity index (χ2n) is 5.55. The lowest BCUT2D eigenvalue weighted by molar-refractivity contribution is -0.0283. The van der Waals surface area contributed by atoms with E-state index in [0.29, 0.717) is 46.8 Å². The zero-order chi connectivity index (χ0) is 16.7. The van der Waals surface area contributed by atoms with Crippen LogP contribution in [0.15, 0.2) is 29.2 Å². The zero-order valence-corrected chi connectivity index (χ0v) is 13.9. The Hall–Kier alpha value is -2.09. The highest BCUT2D eigenvalue weighted by Gasteiger charge is 2.22. The molecule has 1 saturated heterocycles. The van der Waals surface area contributed by atoms with Crippen molar-refractivity contribution in [3.8, 4) is 0 Å². The molecule has 0 saturated carbocycles. The van der Waals surface area contributed by atoms with Gasteiger partial charge in [-0.2, -0.15) is 5.10 Å². The summed E-state index contributed by atoms with van der Waals surface area (Å²) in [6.45, 7) is 1.67. The normalized spacial score (nSPS) is 14.8. The standard InChI is InChI=1S/C15H13Cl2N5O2/c16-10-2-1-8(3-11(10)17)4-18-15-19-12-5-22(9-6-24-7-9)21-13(12)14(23)20-15/h1-3,5,9H,4,6-7H2,(H2,18,19,20,23). The van der Waals surface area contributed by atoms with Crippen molar-refractivity contribution in [3.05, 3.63) is 50.4 Å². The average molecular weight is 366 g/mol. The second kappa shape index (κ2) is 6.08. The maximum absolute atomic E-state index is 12.2. The van der Waals surface area contributed by atoms with Crippen LogP contribution in [0.2, 0.25) is 10.0 Å². The molecule has 4 rings (SSSR count). The SMILES string of the molecule is O=c1[nH]c(NCc2ccc(Cl)c(Cl)c2)nc2cn(C3COC3)nc12. The molecule has 1 aliphatic rings. The van der Waals surface area contributed by atoms with Gasteiger partial charge in [-0.1, -0.05) is 29.3 Å². The number of halogens is 2. The molecule has 1 fully saturated rings. The largest absolute Gasteiger partial charge is 0.377 e. The van der Waals surface area contributed by atoms with Crippen molar-refractivity contribution in [2.24, 2.45) is 0 Å². The Bertz CT molecular complexity index is 964. The summed E-state index contributed by atoms with van der Waals surface area (Å²) in [7, 11) is 0. The van der Waals surface area contributed by atoms with E-state index in [1.54, 1.807) is 23.0 Å². The highest BCUT2D eigenvalue weighted by molar-refractivity contribution is 6.42. The Morgan fingerprint density at radius 1 is 1.33 bits per heavy atom. The van der Waals surface area contributed by atoms with E-state index >= 15 is 0 Å². The Kier molecular flexibility index (Phi) is 3.91. The second-order valence-corrected chi connectivity index (χ2v) is 6.37. The lowest BCUT2D eigenvalue weighted by atomic mass is 10.2. The maximum atomic E-state index is 12.2. The molecule has 2 N–H and O–H groups in total. The summed E-state index contributed by atoms with van der Waals surface area (Å²) < 4.78 is 6.88. The number of hydrogen-bond donors (Lipinski definition) is 2. The van der Waals surface area contributed by atoms with Crippen LogP contribution in [-0.4, -0.2) is 33.0 Å². The predicted molar refractivity (Wildman–Crippen MR) is 91.8 cm³/mol. The molecule has 9 heteroatoms. The van der Waals surface area contributed by atoms with Gasteiger partial charge < -0.3 is 10.1 Å². The minimum absolute atomic E-state index is 0.172. The number of aromatic nitrogens is 4. The Morgan fingerprint density at radius 3 is 2.88 bits per heavy atom. The van der Waals surface area contributed by atoms with Crippen molar-refractivity contribution < 1.29 is 4.74 Å². The number of anilines is 1. The molecule has 1 aromatic carbocycles. The molecule has 7 nitrogen and oxygen atoms in total. The first-order chi connectivity index (χ1) is 11.6. The maximum Gasteiger partial charge on any atom is 0.280 e. The van der Waals surface area contributed by atoms with E-state index in [-0.39, 0.29) is 11.6 Å². The number of nitrogens with zero attached hydrogens (tertiary/aromatic N) is 3. The van der Waals surface area contributed by atoms with E-state index in [1.807, 2.05) is 6.07 Å². The molecule has 124 valence electrons. The van der Waals surface area contributed by atoms with Gasteiger partial charge in [-0.3, -0.25) is 14.5 Å². The van der Waals surface area contributed by atoms with Gasteiger partial charge >= 0.3 is 0 Å². The van der Waals surface area contributed by atoms with Crippen LogP contribution in [0, 0.1) is 0 Å². The molecule has 0 unspecified atom stereocenters. The van der Waals surface area contributed by atoms with Gasteiger partial charge in [-0.05, 0) is 17.7 Å². The number of ether oxygens (including phenoxy) is 1. The zero-order valence-electron chi connectivity index (χ0n) is 12.4. The third-order valence-electron chi connectivity index (χ3n) is 3.83. The molecular weight excluding hydrogens is 353 g/mol. The number of aromatic amines is 1. The van der Waals surface area contributed by atoms with Crippen LogP contribution < -0.4 is 10.9 Å². The summed E-state index contributed by atoms with van der Waals surface area (Å²) in [5.41, 5.74) is 1.51. The average Bonchev–Trinajstić information content (AvgIpc) is 2.90. The highest BCUT2D eigenvalue weighted by atomic mass is 35.5. The van der Waals surface area contributed by atoms with Gasteiger partial charge in [0.15, 0.2) is 5.52 Å². The minimum atomic E-state index is -0.282. The fourth-order valence-electron chi connectivity index (χ4n) is 2.42. The minimum Gasteiger partial charge on any atom is -0.377 e. The summed E-state index contributed by atoms with van der Waals surface area (Å²) in [5.74, 6) is 0.378. The van der Waals surface area contributed by atoms with E-state index < -0.39 is 0 Å². The van der Waals surface area contributed by atoms with Gasteiger partial charge in [0.2, 0.25) is 5.95 Å². The van der Waals surface area contributed by atoms with E-state index in [0.717, 1.165) is 5.56 Å². The molecule has 3 aromatic rings. The topological polar surface area (TPSA) is 84.8 Å². The molecule has 3 heterocycles. The van der Waals surface area contributed by atoms with Gasteiger partial charge in [0.1, 0.15) is 5.52 Å². The molecule has 0 amide bonds. The van der Waals surface area contributed by atoms with Crippen molar-refractivity contribution >= 4 is 40.2 Å². The first-order valence-corrected chi connectivity index (χ1v) is 8.10. The van der Waals surface area contributed by atoms with Crippen molar-refractivity contribution in [1.29, 1.82) is 0 Å². The van der Waals surface area contributed by atoms with Gasteiger partial charge in [0.25, 0.3) is 5.56 Å².